The third-order valence-corrected chi connectivity index (χ3v) is 2.05. The number of hydrogen-bond acceptors (Lipinski definition) is 3. The van der Waals surface area contributed by atoms with Gasteiger partial charge >= 0.3 is 16.3 Å². The van der Waals surface area contributed by atoms with E-state index in [-0.39, 0.29) is 5.56 Å². The molecule has 0 spiro atoms. The maximum atomic E-state index is 10.5. The molecule has 1 rings (SSSR count). The van der Waals surface area contributed by atoms with Gasteiger partial charge in [0.15, 0.2) is 6.20 Å². The lowest BCUT2D eigenvalue weighted by molar-refractivity contribution is -0.519. The topological polar surface area (TPSA) is 95.5 Å². The number of aromatic nitrogens is 1. The smallest absolute Gasteiger partial charge is 0.477 e. The summed E-state index contributed by atoms with van der Waals surface area (Å²) < 4.78 is 30.0. The summed E-state index contributed by atoms with van der Waals surface area (Å²) >= 11 is 0. The lowest BCUT2D eigenvalue weighted by atomic mass is 10.3. The third-order valence-electron chi connectivity index (χ3n) is 1.29. The van der Waals surface area contributed by atoms with Crippen LogP contribution in [0.5, 0.6) is 0 Å². The third kappa shape index (κ3) is 2.23. The van der Waals surface area contributed by atoms with Crippen LogP contribution in [0.15, 0.2) is 24.5 Å². The Hall–Kier alpha value is -1.47. The van der Waals surface area contributed by atoms with Crippen LogP contribution in [0.4, 0.5) is 0 Å². The highest BCUT2D eigenvalue weighted by molar-refractivity contribution is 7.79. The minimum Gasteiger partial charge on any atom is -0.477 e. The van der Waals surface area contributed by atoms with Gasteiger partial charge in [-0.2, -0.15) is 0 Å². The van der Waals surface area contributed by atoms with E-state index in [4.69, 9.17) is 9.66 Å². The molecule has 13 heavy (non-hydrogen) atoms. The van der Waals surface area contributed by atoms with Crippen LogP contribution in [0, 0.1) is 0 Å². The monoisotopic (exact) mass is 204 g/mol. The van der Waals surface area contributed by atoms with Crippen molar-refractivity contribution in [2.45, 2.75) is 0 Å². The average molecular weight is 204 g/mol. The molecule has 0 radical (unpaired) electrons. The Kier molecular flexibility index (Phi) is 2.30. The molecule has 0 saturated carbocycles. The molecule has 1 heterocycles. The number of carboxylic acids is 1. The first-order valence-electron chi connectivity index (χ1n) is 3.14. The van der Waals surface area contributed by atoms with E-state index in [1.54, 1.807) is 0 Å². The molecule has 0 amide bonds. The van der Waals surface area contributed by atoms with Crippen LogP contribution in [0.25, 0.3) is 0 Å². The Labute approximate surface area is 73.9 Å². The quantitative estimate of drug-likeness (QED) is 0.491. The van der Waals surface area contributed by atoms with Gasteiger partial charge in [0.25, 0.3) is 0 Å². The second-order valence-corrected chi connectivity index (χ2v) is 3.52. The van der Waals surface area contributed by atoms with Crippen molar-refractivity contribution in [3.8, 4) is 0 Å². The van der Waals surface area contributed by atoms with Gasteiger partial charge in [0.2, 0.25) is 6.20 Å². The summed E-state index contributed by atoms with van der Waals surface area (Å²) in [6.07, 6.45) is 1.83. The van der Waals surface area contributed by atoms with Gasteiger partial charge in [0.05, 0.1) is 0 Å². The predicted octanol–water partition coefficient (Wildman–Crippen LogP) is -0.677. The van der Waals surface area contributed by atoms with Crippen molar-refractivity contribution in [2.75, 3.05) is 0 Å². The van der Waals surface area contributed by atoms with E-state index >= 15 is 0 Å². The summed E-state index contributed by atoms with van der Waals surface area (Å²) in [5.74, 6) is -1.27. The number of carboxylic acid groups (broad SMARTS) is 1. The van der Waals surface area contributed by atoms with Crippen molar-refractivity contribution in [3.63, 3.8) is 0 Å². The molecule has 1 aromatic rings. The maximum absolute atomic E-state index is 10.5. The Bertz CT molecular complexity index is 438. The zero-order valence-corrected chi connectivity index (χ0v) is 7.10. The molecule has 0 aromatic carbocycles. The lowest BCUT2D eigenvalue weighted by Gasteiger charge is -1.91. The van der Waals surface area contributed by atoms with Crippen LogP contribution in [-0.4, -0.2) is 24.0 Å². The van der Waals surface area contributed by atoms with Gasteiger partial charge in [-0.05, 0) is 6.07 Å². The largest absolute Gasteiger partial charge is 0.511 e. The molecule has 0 aliphatic rings. The lowest BCUT2D eigenvalue weighted by Crippen LogP contribution is -2.42. The Balaban J connectivity index is 3.29. The van der Waals surface area contributed by atoms with Crippen LogP contribution >= 0.6 is 0 Å². The summed E-state index contributed by atoms with van der Waals surface area (Å²) in [6, 6.07) is 2.42. The molecular formula is C6H6NO5S+. The van der Waals surface area contributed by atoms with Gasteiger partial charge < -0.3 is 5.11 Å². The zero-order valence-electron chi connectivity index (χ0n) is 6.28. The fourth-order valence-corrected chi connectivity index (χ4v) is 1.20. The minimum atomic E-state index is -4.41. The molecule has 7 heteroatoms. The molecule has 0 aliphatic heterocycles. The minimum absolute atomic E-state index is 0.222. The van der Waals surface area contributed by atoms with Crippen molar-refractivity contribution in [3.05, 3.63) is 30.1 Å². The molecular weight excluding hydrogens is 198 g/mol. The van der Waals surface area contributed by atoms with Crippen LogP contribution in [-0.2, 0) is 10.3 Å². The van der Waals surface area contributed by atoms with Crippen molar-refractivity contribution in [1.82, 2.24) is 0 Å². The fraction of sp³-hybridized carbons (Fsp3) is 0. The van der Waals surface area contributed by atoms with Gasteiger partial charge in [-0.1, -0.05) is 3.97 Å². The molecule has 0 saturated heterocycles. The van der Waals surface area contributed by atoms with E-state index in [9.17, 15) is 13.2 Å². The second-order valence-electron chi connectivity index (χ2n) is 2.21. The summed E-state index contributed by atoms with van der Waals surface area (Å²) in [5, 5.41) is 8.49. The van der Waals surface area contributed by atoms with Crippen LogP contribution in [0.3, 0.4) is 0 Å². The van der Waals surface area contributed by atoms with Crippen molar-refractivity contribution in [1.29, 1.82) is 0 Å². The number of pyridine rings is 1. The fourth-order valence-electron chi connectivity index (χ4n) is 0.725. The number of hydrogen-bond donors (Lipinski definition) is 2. The van der Waals surface area contributed by atoms with Gasteiger partial charge in [-0.3, -0.25) is 0 Å². The maximum Gasteiger partial charge on any atom is 0.511 e. The number of rotatable bonds is 2. The SMILES string of the molecule is O=C(O)c1ccc[n+](S(=O)(=O)O)c1. The molecule has 0 atom stereocenters. The molecule has 1 aromatic heterocycles. The second kappa shape index (κ2) is 3.11. The van der Waals surface area contributed by atoms with Crippen LogP contribution in [0.2, 0.25) is 0 Å². The van der Waals surface area contributed by atoms with Crippen molar-refractivity contribution < 1.29 is 26.8 Å². The summed E-state index contributed by atoms with van der Waals surface area (Å²) in [7, 11) is -4.41. The van der Waals surface area contributed by atoms with Gasteiger partial charge in [0.1, 0.15) is 5.56 Å². The van der Waals surface area contributed by atoms with Gasteiger partial charge in [-0.25, -0.2) is 9.35 Å². The Morgan fingerprint density at radius 3 is 2.54 bits per heavy atom. The molecule has 2 N–H and O–H groups in total. The molecule has 0 bridgehead atoms. The van der Waals surface area contributed by atoms with E-state index < -0.39 is 16.3 Å². The molecule has 0 aliphatic carbocycles. The summed E-state index contributed by atoms with van der Waals surface area (Å²) in [4.78, 5) is 10.4. The molecule has 6 nitrogen and oxygen atoms in total. The molecule has 0 unspecified atom stereocenters. The van der Waals surface area contributed by atoms with Crippen molar-refractivity contribution >= 4 is 16.3 Å². The zero-order chi connectivity index (χ0) is 10.1. The van der Waals surface area contributed by atoms with E-state index in [0.29, 0.717) is 3.97 Å². The summed E-state index contributed by atoms with van der Waals surface area (Å²) in [5.41, 5.74) is -0.222. The first-order chi connectivity index (χ1) is 5.91. The van der Waals surface area contributed by atoms with E-state index in [1.807, 2.05) is 0 Å². The standard InChI is InChI=1S/C6H5NO5S/c8-6(9)5-2-1-3-7(4-5)13(10,11)12/h1-4H,(H-,8,9,10,11,12)/p+1. The first-order valence-corrected chi connectivity index (χ1v) is 4.53. The van der Waals surface area contributed by atoms with Crippen LogP contribution in [0.1, 0.15) is 10.4 Å². The highest BCUT2D eigenvalue weighted by Crippen LogP contribution is 1.93. The van der Waals surface area contributed by atoms with E-state index in [2.05, 4.69) is 0 Å². The Morgan fingerprint density at radius 2 is 2.08 bits per heavy atom. The number of carbonyl (C=O) groups is 1. The van der Waals surface area contributed by atoms with E-state index in [1.165, 1.54) is 12.1 Å². The first kappa shape index (κ1) is 9.62. The highest BCUT2D eigenvalue weighted by Gasteiger charge is 2.19. The predicted molar refractivity (Wildman–Crippen MR) is 40.5 cm³/mol. The number of nitrogens with zero attached hydrogens (tertiary/aromatic N) is 1. The van der Waals surface area contributed by atoms with Crippen molar-refractivity contribution in [2.24, 2.45) is 0 Å². The molecule has 70 valence electrons. The average Bonchev–Trinajstić information content (AvgIpc) is 2.03. The number of aromatic carboxylic acids is 1. The Morgan fingerprint density at radius 1 is 1.46 bits per heavy atom. The van der Waals surface area contributed by atoms with E-state index in [0.717, 1.165) is 12.4 Å². The van der Waals surface area contributed by atoms with Gasteiger partial charge in [0, 0.05) is 6.07 Å². The van der Waals surface area contributed by atoms with Crippen LogP contribution < -0.4 is 3.97 Å². The summed E-state index contributed by atoms with van der Waals surface area (Å²) in [6.45, 7) is 0. The van der Waals surface area contributed by atoms with Gasteiger partial charge in [-0.15, -0.1) is 8.42 Å². The molecule has 0 fully saturated rings. The highest BCUT2D eigenvalue weighted by atomic mass is 32.2. The normalized spacial score (nSPS) is 11.2.